The number of aromatic nitrogens is 3. The molecule has 284 valence electrons. The Labute approximate surface area is 310 Å². The van der Waals surface area contributed by atoms with E-state index in [4.69, 9.17) is 21.1 Å². The van der Waals surface area contributed by atoms with E-state index in [0.29, 0.717) is 29.1 Å². The van der Waals surface area contributed by atoms with Crippen molar-refractivity contribution in [3.05, 3.63) is 100 Å². The second-order valence-electron chi connectivity index (χ2n) is 12.0. The SMILES string of the molecule is COC(=O)[C@H](CCNC(=O)C(=O)NCc1ccc(F)cc1)NC(=O)c1ccc(Nc2nc(NC3(c4ccc(Cl)cc4)CC3)nc(OCC(F)(F)F)n2)cc1. The van der Waals surface area contributed by atoms with Gasteiger partial charge in [-0.1, -0.05) is 35.9 Å². The van der Waals surface area contributed by atoms with Gasteiger partial charge in [0, 0.05) is 29.4 Å². The number of nitrogens with one attached hydrogen (secondary N) is 5. The average Bonchev–Trinajstić information content (AvgIpc) is 3.93. The lowest BCUT2D eigenvalue weighted by Crippen LogP contribution is -2.45. The summed E-state index contributed by atoms with van der Waals surface area (Å²) < 4.78 is 61.5. The number of ether oxygens (including phenoxy) is 2. The fourth-order valence-electron chi connectivity index (χ4n) is 5.02. The highest BCUT2D eigenvalue weighted by molar-refractivity contribution is 6.35. The van der Waals surface area contributed by atoms with Crippen molar-refractivity contribution in [3.8, 4) is 6.01 Å². The third-order valence-corrected chi connectivity index (χ3v) is 8.22. The van der Waals surface area contributed by atoms with E-state index in [1.54, 1.807) is 12.1 Å². The van der Waals surface area contributed by atoms with Gasteiger partial charge >= 0.3 is 30.0 Å². The number of anilines is 3. The summed E-state index contributed by atoms with van der Waals surface area (Å²) in [7, 11) is 1.12. The number of methoxy groups -OCH3 is 1. The Morgan fingerprint density at radius 1 is 0.870 bits per heavy atom. The molecule has 1 aliphatic rings. The zero-order valence-electron chi connectivity index (χ0n) is 28.4. The molecule has 1 atom stereocenters. The number of esters is 1. The molecule has 5 rings (SSSR count). The Kier molecular flexibility index (Phi) is 12.5. The number of amides is 3. The molecule has 0 spiro atoms. The van der Waals surface area contributed by atoms with Crippen LogP contribution in [0.1, 0.15) is 40.7 Å². The molecule has 1 aliphatic carbocycles. The standard InChI is InChI=1S/C35H33ClF4N8O6/c1-53-30(52)26(14-17-41-28(50)29(51)42-18-20-2-10-24(37)11-3-20)44-27(49)21-4-12-25(13-5-21)43-31-45-32(47-33(46-31)54-19-35(38,39)40)48-34(15-16-34)22-6-8-23(36)9-7-22/h2-13,26H,14-19H2,1H3,(H,41,50)(H,42,51)(H,44,49)(H2,43,45,46,47,48)/t26-/m0/s1. The maximum absolute atomic E-state index is 13.1. The molecule has 0 unspecified atom stereocenters. The zero-order chi connectivity index (χ0) is 38.9. The number of hydrogen-bond donors (Lipinski definition) is 5. The molecule has 0 radical (unpaired) electrons. The number of carbonyl (C=O) groups is 4. The van der Waals surface area contributed by atoms with Gasteiger partial charge in [-0.3, -0.25) is 14.4 Å². The molecule has 0 bridgehead atoms. The highest BCUT2D eigenvalue weighted by Crippen LogP contribution is 2.48. The van der Waals surface area contributed by atoms with Crippen LogP contribution in [-0.4, -0.2) is 71.1 Å². The predicted octanol–water partition coefficient (Wildman–Crippen LogP) is 4.54. The number of nitrogens with zero attached hydrogens (tertiary/aromatic N) is 3. The van der Waals surface area contributed by atoms with Gasteiger partial charge in [0.15, 0.2) is 6.61 Å². The van der Waals surface area contributed by atoms with Gasteiger partial charge < -0.3 is 36.1 Å². The third kappa shape index (κ3) is 11.2. The van der Waals surface area contributed by atoms with E-state index < -0.39 is 59.9 Å². The smallest absolute Gasteiger partial charge is 0.422 e. The second kappa shape index (κ2) is 17.2. The summed E-state index contributed by atoms with van der Waals surface area (Å²) in [5.74, 6) is -4.04. The number of halogens is 5. The Hall–Kier alpha value is -6.04. The van der Waals surface area contributed by atoms with Gasteiger partial charge in [-0.15, -0.1) is 0 Å². The lowest BCUT2D eigenvalue weighted by Gasteiger charge is -2.19. The molecule has 3 aromatic carbocycles. The summed E-state index contributed by atoms with van der Waals surface area (Å²) in [4.78, 5) is 62.1. The molecule has 54 heavy (non-hydrogen) atoms. The van der Waals surface area contributed by atoms with Crippen molar-refractivity contribution in [1.82, 2.24) is 30.9 Å². The van der Waals surface area contributed by atoms with Crippen molar-refractivity contribution in [2.24, 2.45) is 0 Å². The molecular formula is C35H33ClF4N8O6. The van der Waals surface area contributed by atoms with Crippen molar-refractivity contribution in [2.75, 3.05) is 30.9 Å². The molecule has 1 heterocycles. The van der Waals surface area contributed by atoms with Crippen LogP contribution in [0.15, 0.2) is 72.8 Å². The van der Waals surface area contributed by atoms with Gasteiger partial charge in [0.2, 0.25) is 11.9 Å². The molecule has 1 fully saturated rings. The molecule has 19 heteroatoms. The molecule has 1 saturated carbocycles. The van der Waals surface area contributed by atoms with Crippen molar-refractivity contribution >= 4 is 52.9 Å². The quantitative estimate of drug-likeness (QED) is 0.0649. The Morgan fingerprint density at radius 3 is 2.15 bits per heavy atom. The number of hydrogen-bond acceptors (Lipinski definition) is 11. The molecular weight excluding hydrogens is 740 g/mol. The zero-order valence-corrected chi connectivity index (χ0v) is 29.2. The Morgan fingerprint density at radius 2 is 1.52 bits per heavy atom. The van der Waals surface area contributed by atoms with Crippen LogP contribution in [0, 0.1) is 5.82 Å². The highest BCUT2D eigenvalue weighted by Gasteiger charge is 2.45. The van der Waals surface area contributed by atoms with Crippen LogP contribution in [0.25, 0.3) is 0 Å². The molecule has 3 amide bonds. The minimum Gasteiger partial charge on any atom is -0.467 e. The number of benzene rings is 3. The third-order valence-electron chi connectivity index (χ3n) is 7.96. The second-order valence-corrected chi connectivity index (χ2v) is 12.4. The number of carbonyl (C=O) groups excluding carboxylic acids is 4. The summed E-state index contributed by atoms with van der Waals surface area (Å²) in [6, 6.07) is 16.4. The minimum absolute atomic E-state index is 0.0152. The van der Waals surface area contributed by atoms with Crippen LogP contribution >= 0.6 is 11.6 Å². The molecule has 0 aliphatic heterocycles. The normalized spacial score (nSPS) is 13.5. The van der Waals surface area contributed by atoms with Crippen LogP contribution in [0.5, 0.6) is 6.01 Å². The molecule has 1 aromatic heterocycles. The van der Waals surface area contributed by atoms with E-state index in [9.17, 15) is 36.7 Å². The van der Waals surface area contributed by atoms with Crippen LogP contribution in [-0.2, 0) is 31.2 Å². The van der Waals surface area contributed by atoms with Crippen LogP contribution in [0.4, 0.5) is 35.1 Å². The van der Waals surface area contributed by atoms with Crippen LogP contribution in [0.3, 0.4) is 0 Å². The molecule has 0 saturated heterocycles. The average molecular weight is 773 g/mol. The first-order valence-corrected chi connectivity index (χ1v) is 16.7. The summed E-state index contributed by atoms with van der Waals surface area (Å²) in [6.07, 6.45) is -3.36. The van der Waals surface area contributed by atoms with Crippen molar-refractivity contribution in [1.29, 1.82) is 0 Å². The summed E-state index contributed by atoms with van der Waals surface area (Å²) in [5.41, 5.74) is 1.35. The fraction of sp³-hybridized carbons (Fsp3) is 0.286. The Balaban J connectivity index is 1.19. The van der Waals surface area contributed by atoms with Gasteiger partial charge in [0.1, 0.15) is 11.9 Å². The predicted molar refractivity (Wildman–Crippen MR) is 186 cm³/mol. The number of alkyl halides is 3. The maximum Gasteiger partial charge on any atom is 0.422 e. The molecule has 4 aromatic rings. The van der Waals surface area contributed by atoms with Crippen LogP contribution in [0.2, 0.25) is 5.02 Å². The van der Waals surface area contributed by atoms with E-state index >= 15 is 0 Å². The first kappa shape index (κ1) is 39.2. The van der Waals surface area contributed by atoms with Crippen LogP contribution < -0.4 is 31.3 Å². The van der Waals surface area contributed by atoms with Crippen molar-refractivity contribution < 1.29 is 46.2 Å². The highest BCUT2D eigenvalue weighted by atomic mass is 35.5. The van der Waals surface area contributed by atoms with Gasteiger partial charge in [0.25, 0.3) is 5.91 Å². The summed E-state index contributed by atoms with van der Waals surface area (Å²) >= 11 is 6.02. The lowest BCUT2D eigenvalue weighted by molar-refractivity contribution is -0.154. The maximum atomic E-state index is 13.1. The van der Waals surface area contributed by atoms with Gasteiger partial charge in [-0.05, 0) is 78.9 Å². The van der Waals surface area contributed by atoms with Gasteiger partial charge in [-0.2, -0.15) is 28.1 Å². The Bertz CT molecular complexity index is 1960. The number of rotatable bonds is 15. The summed E-state index contributed by atoms with van der Waals surface area (Å²) in [6.45, 7) is -1.82. The van der Waals surface area contributed by atoms with E-state index in [0.717, 1.165) is 12.7 Å². The van der Waals surface area contributed by atoms with Crippen molar-refractivity contribution in [3.63, 3.8) is 0 Å². The molecule has 5 N–H and O–H groups in total. The van der Waals surface area contributed by atoms with Gasteiger partial charge in [-0.25, -0.2) is 9.18 Å². The fourth-order valence-corrected chi connectivity index (χ4v) is 5.14. The minimum atomic E-state index is -4.64. The van der Waals surface area contributed by atoms with E-state index in [1.165, 1.54) is 48.5 Å². The van der Waals surface area contributed by atoms with E-state index in [-0.39, 0.29) is 37.0 Å². The van der Waals surface area contributed by atoms with E-state index in [2.05, 4.69) is 41.5 Å². The van der Waals surface area contributed by atoms with Gasteiger partial charge in [0.05, 0.1) is 12.6 Å². The summed E-state index contributed by atoms with van der Waals surface area (Å²) in [5, 5.41) is 13.9. The topological polar surface area (TPSA) is 186 Å². The van der Waals surface area contributed by atoms with E-state index in [1.807, 2.05) is 12.1 Å². The monoisotopic (exact) mass is 772 g/mol. The first-order valence-electron chi connectivity index (χ1n) is 16.3. The largest absolute Gasteiger partial charge is 0.467 e. The van der Waals surface area contributed by atoms with Crippen molar-refractivity contribution in [2.45, 2.75) is 43.6 Å². The first-order chi connectivity index (χ1) is 25.7. The lowest BCUT2D eigenvalue weighted by atomic mass is 10.1. The molecule has 14 nitrogen and oxygen atoms in total.